The zero-order chi connectivity index (χ0) is 29.7. The molecule has 0 aliphatic rings. The van der Waals surface area contributed by atoms with E-state index < -0.39 is 0 Å². The second-order valence-corrected chi connectivity index (χ2v) is 12.4. The van der Waals surface area contributed by atoms with E-state index in [0.29, 0.717) is 0 Å². The van der Waals surface area contributed by atoms with Crippen molar-refractivity contribution in [2.24, 2.45) is 0 Å². The number of para-hydroxylation sites is 3. The van der Waals surface area contributed by atoms with Crippen LogP contribution >= 0.6 is 11.3 Å². The standard InChI is InChI=1S/C42H28N2S/c1-4-14-29(15-5-1)33-26-27-38(41-36-21-10-12-22-37(36)44(42(33)41)31-18-8-3-9-19-31)43(30-16-6-2-7-17-30)32-24-25-35-34-20-11-13-23-39(34)45-40(35)28-32/h1-28H. The minimum absolute atomic E-state index is 1.13. The molecule has 2 aromatic heterocycles. The summed E-state index contributed by atoms with van der Waals surface area (Å²) < 4.78 is 5.05. The molecule has 0 unspecified atom stereocenters. The minimum Gasteiger partial charge on any atom is -0.310 e. The first-order valence-electron chi connectivity index (χ1n) is 15.3. The SMILES string of the molecule is c1ccc(-c2ccc(N(c3ccccc3)c3ccc4c(c3)sc3ccccc34)c3c4ccccc4n(-c4ccccc4)c23)cc1. The van der Waals surface area contributed by atoms with Crippen LogP contribution in [-0.4, -0.2) is 4.57 Å². The highest BCUT2D eigenvalue weighted by Crippen LogP contribution is 2.48. The summed E-state index contributed by atoms with van der Waals surface area (Å²) in [7, 11) is 0. The molecule has 9 aromatic rings. The Morgan fingerprint density at radius 1 is 0.467 bits per heavy atom. The third-order valence-corrected chi connectivity index (χ3v) is 9.90. The van der Waals surface area contributed by atoms with Gasteiger partial charge in [0.2, 0.25) is 0 Å². The molecular weight excluding hydrogens is 565 g/mol. The number of anilines is 3. The molecule has 0 spiro atoms. The summed E-state index contributed by atoms with van der Waals surface area (Å²) in [5, 5.41) is 5.08. The molecule has 2 heterocycles. The van der Waals surface area contributed by atoms with Crippen molar-refractivity contribution in [2.75, 3.05) is 4.90 Å². The quantitative estimate of drug-likeness (QED) is 0.193. The Balaban J connectivity index is 1.40. The van der Waals surface area contributed by atoms with E-state index in [9.17, 15) is 0 Å². The zero-order valence-corrected chi connectivity index (χ0v) is 25.3. The fourth-order valence-electron chi connectivity index (χ4n) is 6.82. The highest BCUT2D eigenvalue weighted by atomic mass is 32.1. The van der Waals surface area contributed by atoms with Gasteiger partial charge in [-0.2, -0.15) is 0 Å². The van der Waals surface area contributed by atoms with Crippen LogP contribution in [0.1, 0.15) is 0 Å². The van der Waals surface area contributed by atoms with Crippen molar-refractivity contribution in [1.82, 2.24) is 4.57 Å². The molecule has 3 heteroatoms. The smallest absolute Gasteiger partial charge is 0.0640 e. The van der Waals surface area contributed by atoms with E-state index in [-0.39, 0.29) is 0 Å². The molecule has 0 amide bonds. The van der Waals surface area contributed by atoms with Crippen molar-refractivity contribution in [2.45, 2.75) is 0 Å². The highest BCUT2D eigenvalue weighted by Gasteiger charge is 2.24. The number of fused-ring (bicyclic) bond motifs is 6. The molecule has 0 N–H and O–H groups in total. The van der Waals surface area contributed by atoms with Crippen molar-refractivity contribution in [1.29, 1.82) is 0 Å². The highest BCUT2D eigenvalue weighted by molar-refractivity contribution is 7.25. The topological polar surface area (TPSA) is 8.17 Å². The fourth-order valence-corrected chi connectivity index (χ4v) is 7.96. The van der Waals surface area contributed by atoms with Gasteiger partial charge < -0.3 is 9.47 Å². The van der Waals surface area contributed by atoms with Crippen LogP contribution in [0.3, 0.4) is 0 Å². The van der Waals surface area contributed by atoms with Gasteiger partial charge in [-0.15, -0.1) is 11.3 Å². The molecule has 45 heavy (non-hydrogen) atoms. The number of thiophene rings is 1. The molecule has 9 rings (SSSR count). The molecule has 0 aliphatic carbocycles. The van der Waals surface area contributed by atoms with E-state index in [1.807, 2.05) is 11.3 Å². The molecule has 0 atom stereocenters. The molecule has 2 nitrogen and oxygen atoms in total. The Hall–Kier alpha value is -5.64. The Morgan fingerprint density at radius 2 is 1.11 bits per heavy atom. The van der Waals surface area contributed by atoms with Crippen molar-refractivity contribution < 1.29 is 0 Å². The van der Waals surface area contributed by atoms with Gasteiger partial charge in [0, 0.05) is 53.6 Å². The van der Waals surface area contributed by atoms with Gasteiger partial charge in [0.1, 0.15) is 0 Å². The van der Waals surface area contributed by atoms with Gasteiger partial charge in [-0.1, -0.05) is 115 Å². The first-order chi connectivity index (χ1) is 22.3. The number of benzene rings is 7. The van der Waals surface area contributed by atoms with Crippen LogP contribution in [0.15, 0.2) is 170 Å². The van der Waals surface area contributed by atoms with E-state index in [2.05, 4.69) is 179 Å². The molecule has 0 saturated heterocycles. The monoisotopic (exact) mass is 592 g/mol. The van der Waals surface area contributed by atoms with Crippen LogP contribution < -0.4 is 4.90 Å². The van der Waals surface area contributed by atoms with Gasteiger partial charge in [-0.25, -0.2) is 0 Å². The second-order valence-electron chi connectivity index (χ2n) is 11.4. The van der Waals surface area contributed by atoms with Crippen LogP contribution in [0.2, 0.25) is 0 Å². The lowest BCUT2D eigenvalue weighted by molar-refractivity contribution is 1.18. The summed E-state index contributed by atoms with van der Waals surface area (Å²) in [6, 6.07) is 61.4. The molecule has 0 bridgehead atoms. The number of aromatic nitrogens is 1. The molecule has 212 valence electrons. The fraction of sp³-hybridized carbons (Fsp3) is 0. The first-order valence-corrected chi connectivity index (χ1v) is 16.1. The number of nitrogens with zero attached hydrogens (tertiary/aromatic N) is 2. The Kier molecular flexibility index (Phi) is 6.03. The summed E-state index contributed by atoms with van der Waals surface area (Å²) in [6.07, 6.45) is 0. The maximum atomic E-state index is 2.44. The van der Waals surface area contributed by atoms with Crippen LogP contribution in [-0.2, 0) is 0 Å². The van der Waals surface area contributed by atoms with Crippen molar-refractivity contribution >= 4 is 70.4 Å². The summed E-state index contributed by atoms with van der Waals surface area (Å²) in [6.45, 7) is 0. The van der Waals surface area contributed by atoms with Crippen LogP contribution in [0.4, 0.5) is 17.1 Å². The number of hydrogen-bond donors (Lipinski definition) is 0. The molecule has 0 radical (unpaired) electrons. The zero-order valence-electron chi connectivity index (χ0n) is 24.5. The van der Waals surface area contributed by atoms with E-state index in [1.54, 1.807) is 0 Å². The van der Waals surface area contributed by atoms with E-state index in [4.69, 9.17) is 0 Å². The predicted octanol–water partition coefficient (Wildman–Crippen LogP) is 12.3. The normalized spacial score (nSPS) is 11.6. The van der Waals surface area contributed by atoms with Crippen LogP contribution in [0.5, 0.6) is 0 Å². The van der Waals surface area contributed by atoms with Gasteiger partial charge in [-0.05, 0) is 60.2 Å². The third-order valence-electron chi connectivity index (χ3n) is 8.77. The van der Waals surface area contributed by atoms with Crippen LogP contribution in [0.25, 0.3) is 58.8 Å². The van der Waals surface area contributed by atoms with Gasteiger partial charge in [0.05, 0.1) is 16.7 Å². The third kappa shape index (κ3) is 4.16. The predicted molar refractivity (Wildman–Crippen MR) is 194 cm³/mol. The van der Waals surface area contributed by atoms with Crippen molar-refractivity contribution in [3.8, 4) is 16.8 Å². The molecular formula is C42H28N2S. The van der Waals surface area contributed by atoms with Crippen LogP contribution in [0, 0.1) is 0 Å². The van der Waals surface area contributed by atoms with Crippen molar-refractivity contribution in [3.63, 3.8) is 0 Å². The largest absolute Gasteiger partial charge is 0.310 e. The van der Waals surface area contributed by atoms with E-state index in [0.717, 1.165) is 22.7 Å². The van der Waals surface area contributed by atoms with Gasteiger partial charge in [0.15, 0.2) is 0 Å². The average Bonchev–Trinajstić information content (AvgIpc) is 3.66. The van der Waals surface area contributed by atoms with Gasteiger partial charge in [0.25, 0.3) is 0 Å². The Labute approximate surface area is 265 Å². The summed E-state index contributed by atoms with van der Waals surface area (Å²) in [5.74, 6) is 0. The first kappa shape index (κ1) is 25.8. The lowest BCUT2D eigenvalue weighted by Crippen LogP contribution is -2.10. The number of hydrogen-bond acceptors (Lipinski definition) is 2. The lowest BCUT2D eigenvalue weighted by atomic mass is 9.99. The van der Waals surface area contributed by atoms with E-state index >= 15 is 0 Å². The summed E-state index contributed by atoms with van der Waals surface area (Å²) in [5.41, 5.74) is 9.38. The summed E-state index contributed by atoms with van der Waals surface area (Å²) >= 11 is 1.86. The Morgan fingerprint density at radius 3 is 1.91 bits per heavy atom. The van der Waals surface area contributed by atoms with E-state index in [1.165, 1.54) is 53.1 Å². The van der Waals surface area contributed by atoms with Crippen molar-refractivity contribution in [3.05, 3.63) is 170 Å². The number of rotatable bonds is 5. The molecule has 0 aliphatic heterocycles. The lowest BCUT2D eigenvalue weighted by Gasteiger charge is -2.27. The average molecular weight is 593 g/mol. The molecule has 7 aromatic carbocycles. The minimum atomic E-state index is 1.13. The molecule has 0 fully saturated rings. The summed E-state index contributed by atoms with van der Waals surface area (Å²) in [4.78, 5) is 2.43. The Bertz CT molecular complexity index is 2470. The molecule has 0 saturated carbocycles. The maximum Gasteiger partial charge on any atom is 0.0640 e. The maximum absolute atomic E-state index is 2.44. The van der Waals surface area contributed by atoms with Gasteiger partial charge in [-0.3, -0.25) is 0 Å². The second kappa shape index (κ2) is 10.5. The van der Waals surface area contributed by atoms with Gasteiger partial charge >= 0.3 is 0 Å².